The summed E-state index contributed by atoms with van der Waals surface area (Å²) >= 11 is 0. The fourth-order valence-corrected chi connectivity index (χ4v) is 7.11. The Morgan fingerprint density at radius 3 is 1.48 bits per heavy atom. The van der Waals surface area contributed by atoms with Gasteiger partial charge in [-0.15, -0.1) is 0 Å². The van der Waals surface area contributed by atoms with Crippen molar-refractivity contribution in [2.24, 2.45) is 0 Å². The minimum Gasteiger partial charge on any atom is -0.462 e. The summed E-state index contributed by atoms with van der Waals surface area (Å²) in [6, 6.07) is -0.725. The summed E-state index contributed by atoms with van der Waals surface area (Å²) in [5.74, 6) is -0.557. The highest BCUT2D eigenvalue weighted by atomic mass is 16.5. The fraction of sp³-hybridized carbons (Fsp3) is 0.649. The van der Waals surface area contributed by atoms with Crippen molar-refractivity contribution in [3.63, 3.8) is 0 Å². The van der Waals surface area contributed by atoms with Crippen molar-refractivity contribution < 1.29 is 24.5 Å². The second-order valence-electron chi connectivity index (χ2n) is 17.0. The third-order valence-corrected chi connectivity index (χ3v) is 11.0. The highest BCUT2D eigenvalue weighted by Gasteiger charge is 2.24. The van der Waals surface area contributed by atoms with E-state index in [2.05, 4.69) is 80.8 Å². The van der Waals surface area contributed by atoms with Gasteiger partial charge < -0.3 is 20.3 Å². The van der Waals surface area contributed by atoms with Crippen LogP contribution < -0.4 is 5.32 Å². The predicted molar refractivity (Wildman–Crippen MR) is 273 cm³/mol. The van der Waals surface area contributed by atoms with E-state index in [4.69, 9.17) is 4.74 Å². The Bertz CT molecular complexity index is 1300. The smallest absolute Gasteiger partial charge is 0.306 e. The van der Waals surface area contributed by atoms with Gasteiger partial charge in [0.05, 0.1) is 25.2 Å². The summed E-state index contributed by atoms with van der Waals surface area (Å²) < 4.78 is 5.91. The van der Waals surface area contributed by atoms with E-state index in [0.717, 1.165) is 96.3 Å². The highest BCUT2D eigenvalue weighted by molar-refractivity contribution is 5.77. The number of aliphatic hydroxyl groups is 2. The van der Waals surface area contributed by atoms with Gasteiger partial charge in [-0.25, -0.2) is 0 Å². The monoisotopic (exact) mass is 874 g/mol. The van der Waals surface area contributed by atoms with Gasteiger partial charge in [-0.05, 0) is 83.5 Å². The molecule has 0 fully saturated rings. The SMILES string of the molecule is CC\C=C/C=C/C=C/C=C\C=C\C=C\CCCCCC(=O)OC(CCCCCC/C=C\C/C=C\C/C=C\CCCCC)CC(=O)NC(CO)C(O)CCCCCCCCCCCC. The number of unbranched alkanes of at least 4 members (excludes halogenated alkanes) is 19. The van der Waals surface area contributed by atoms with Crippen LogP contribution in [-0.2, 0) is 14.3 Å². The van der Waals surface area contributed by atoms with Crippen LogP contribution in [-0.4, -0.2) is 46.9 Å². The van der Waals surface area contributed by atoms with Gasteiger partial charge in [-0.3, -0.25) is 9.59 Å². The van der Waals surface area contributed by atoms with Crippen molar-refractivity contribution in [1.29, 1.82) is 0 Å². The third kappa shape index (κ3) is 44.9. The second-order valence-corrected chi connectivity index (χ2v) is 17.0. The lowest BCUT2D eigenvalue weighted by atomic mass is 10.0. The van der Waals surface area contributed by atoms with E-state index in [1.54, 1.807) is 0 Å². The zero-order chi connectivity index (χ0) is 45.9. The van der Waals surface area contributed by atoms with E-state index < -0.39 is 18.2 Å². The summed E-state index contributed by atoms with van der Waals surface area (Å²) in [4.78, 5) is 26.1. The molecule has 1 amide bonds. The van der Waals surface area contributed by atoms with Crippen LogP contribution in [0.4, 0.5) is 0 Å². The molecule has 6 heteroatoms. The average Bonchev–Trinajstić information content (AvgIpc) is 3.28. The number of allylic oxidation sites excluding steroid dienone is 18. The standard InChI is InChI=1S/C57H95NO5/c1-4-7-10-13-16-19-22-24-26-28-30-32-34-36-39-42-45-48-53(51-56(61)58-54(52-59)55(60)49-46-43-40-37-21-18-15-12-9-6-3)63-57(62)50-47-44-41-38-35-33-31-29-27-25-23-20-17-14-11-8-5-2/h8,11,14,16-17,19-20,23-27,29-33,35,53-55,59-60H,4-7,9-10,12-13,15,18,21-22,28,34,36-52H2,1-3H3,(H,58,61)/b11-8-,17-14+,19-16-,23-20+,26-24-,27-25-,31-29+,32-30-,35-33+. The number of aliphatic hydroxyl groups excluding tert-OH is 2. The number of carbonyl (C=O) groups excluding carboxylic acids is 2. The topological polar surface area (TPSA) is 95.9 Å². The van der Waals surface area contributed by atoms with E-state index in [0.29, 0.717) is 19.3 Å². The first-order valence-electron chi connectivity index (χ1n) is 25.7. The molecule has 358 valence electrons. The first kappa shape index (κ1) is 59.5. The van der Waals surface area contributed by atoms with Crippen molar-refractivity contribution in [2.75, 3.05) is 6.61 Å². The van der Waals surface area contributed by atoms with E-state index in [-0.39, 0.29) is 24.9 Å². The van der Waals surface area contributed by atoms with Crippen molar-refractivity contribution in [1.82, 2.24) is 5.32 Å². The Morgan fingerprint density at radius 2 is 0.921 bits per heavy atom. The van der Waals surface area contributed by atoms with Crippen LogP contribution in [0.1, 0.15) is 213 Å². The van der Waals surface area contributed by atoms with Crippen LogP contribution >= 0.6 is 0 Å². The molecule has 0 bridgehead atoms. The number of esters is 1. The molecule has 3 unspecified atom stereocenters. The van der Waals surface area contributed by atoms with Crippen LogP contribution in [0.5, 0.6) is 0 Å². The Morgan fingerprint density at radius 1 is 0.492 bits per heavy atom. The molecule has 3 atom stereocenters. The molecule has 0 saturated heterocycles. The second kappa shape index (κ2) is 49.5. The molecule has 0 spiro atoms. The number of ether oxygens (including phenoxy) is 1. The highest BCUT2D eigenvalue weighted by Crippen LogP contribution is 2.17. The Hall–Kier alpha value is -3.48. The summed E-state index contributed by atoms with van der Waals surface area (Å²) in [5.41, 5.74) is 0. The van der Waals surface area contributed by atoms with Gasteiger partial charge in [0.15, 0.2) is 0 Å². The van der Waals surface area contributed by atoms with E-state index >= 15 is 0 Å². The van der Waals surface area contributed by atoms with Crippen molar-refractivity contribution in [3.8, 4) is 0 Å². The van der Waals surface area contributed by atoms with E-state index in [1.165, 1.54) is 70.6 Å². The zero-order valence-corrected chi connectivity index (χ0v) is 40.7. The maximum absolute atomic E-state index is 13.2. The number of rotatable bonds is 44. The molecule has 0 saturated carbocycles. The number of hydrogen-bond donors (Lipinski definition) is 3. The molecule has 0 aromatic rings. The lowest BCUT2D eigenvalue weighted by molar-refractivity contribution is -0.151. The molecule has 0 aromatic heterocycles. The quantitative estimate of drug-likeness (QED) is 0.0245. The number of nitrogens with one attached hydrogen (secondary N) is 1. The molecule has 0 aliphatic heterocycles. The van der Waals surface area contributed by atoms with Crippen molar-refractivity contribution >= 4 is 11.9 Å². The molecule has 0 aromatic carbocycles. The third-order valence-electron chi connectivity index (χ3n) is 11.0. The maximum atomic E-state index is 13.2. The molecular formula is C57H95NO5. The predicted octanol–water partition coefficient (Wildman–Crippen LogP) is 15.5. The number of hydrogen-bond acceptors (Lipinski definition) is 5. The van der Waals surface area contributed by atoms with Crippen LogP contribution in [0.2, 0.25) is 0 Å². The molecule has 0 aliphatic carbocycles. The van der Waals surface area contributed by atoms with Gasteiger partial charge in [0.1, 0.15) is 6.10 Å². The fourth-order valence-electron chi connectivity index (χ4n) is 7.11. The lowest BCUT2D eigenvalue weighted by Gasteiger charge is -2.24. The lowest BCUT2D eigenvalue weighted by Crippen LogP contribution is -2.46. The summed E-state index contributed by atoms with van der Waals surface area (Å²) in [6.45, 7) is 6.27. The van der Waals surface area contributed by atoms with Gasteiger partial charge in [0, 0.05) is 6.42 Å². The van der Waals surface area contributed by atoms with Gasteiger partial charge >= 0.3 is 5.97 Å². The van der Waals surface area contributed by atoms with Gasteiger partial charge in [0.2, 0.25) is 5.91 Å². The summed E-state index contributed by atoms with van der Waals surface area (Å²) in [7, 11) is 0. The summed E-state index contributed by atoms with van der Waals surface area (Å²) in [5, 5.41) is 23.7. The van der Waals surface area contributed by atoms with Crippen LogP contribution in [0.25, 0.3) is 0 Å². The number of carbonyl (C=O) groups is 2. The molecular weight excluding hydrogens is 779 g/mol. The molecule has 0 heterocycles. The Balaban J connectivity index is 4.77. The molecule has 3 N–H and O–H groups in total. The molecule has 0 aliphatic rings. The van der Waals surface area contributed by atoms with Gasteiger partial charge in [-0.1, -0.05) is 226 Å². The largest absolute Gasteiger partial charge is 0.462 e. The van der Waals surface area contributed by atoms with Gasteiger partial charge in [-0.2, -0.15) is 0 Å². The maximum Gasteiger partial charge on any atom is 0.306 e. The first-order chi connectivity index (χ1) is 31.0. The Kier molecular flexibility index (Phi) is 46.8. The van der Waals surface area contributed by atoms with Crippen LogP contribution in [0, 0.1) is 0 Å². The minimum absolute atomic E-state index is 0.0373. The minimum atomic E-state index is -0.808. The van der Waals surface area contributed by atoms with Crippen LogP contribution in [0.15, 0.2) is 109 Å². The van der Waals surface area contributed by atoms with Crippen molar-refractivity contribution in [2.45, 2.75) is 232 Å². The molecule has 0 radical (unpaired) electrons. The molecule has 63 heavy (non-hydrogen) atoms. The number of amides is 1. The van der Waals surface area contributed by atoms with E-state index in [1.807, 2.05) is 54.7 Å². The van der Waals surface area contributed by atoms with Crippen LogP contribution in [0.3, 0.4) is 0 Å². The van der Waals surface area contributed by atoms with Crippen molar-refractivity contribution in [3.05, 3.63) is 109 Å². The Labute approximate surface area is 388 Å². The summed E-state index contributed by atoms with van der Waals surface area (Å²) in [6.07, 6.45) is 67.1. The van der Waals surface area contributed by atoms with E-state index in [9.17, 15) is 19.8 Å². The first-order valence-corrected chi connectivity index (χ1v) is 25.7. The average molecular weight is 874 g/mol. The zero-order valence-electron chi connectivity index (χ0n) is 40.7. The van der Waals surface area contributed by atoms with Gasteiger partial charge in [0.25, 0.3) is 0 Å². The molecule has 6 nitrogen and oxygen atoms in total. The molecule has 0 rings (SSSR count). The normalized spacial score (nSPS) is 14.2.